The van der Waals surface area contributed by atoms with Crippen molar-refractivity contribution in [3.8, 4) is 5.75 Å². The lowest BCUT2D eigenvalue weighted by atomic mass is 10.00. The number of benzene rings is 2. The first-order chi connectivity index (χ1) is 32.8. The fourth-order valence-corrected chi connectivity index (χ4v) is 8.28. The number of hydrogen-bond donors (Lipinski definition) is 0. The zero-order valence-corrected chi connectivity index (χ0v) is 44.0. The van der Waals surface area contributed by atoms with Crippen LogP contribution < -0.4 is 4.74 Å². The smallest absolute Gasteiger partial charge is 0.329 e. The van der Waals surface area contributed by atoms with Crippen molar-refractivity contribution in [2.24, 2.45) is 23.7 Å². The van der Waals surface area contributed by atoms with Crippen molar-refractivity contribution in [1.29, 1.82) is 0 Å². The average Bonchev–Trinajstić information content (AvgIpc) is 3.30. The lowest BCUT2D eigenvalue weighted by Crippen LogP contribution is -2.55. The van der Waals surface area contributed by atoms with Crippen molar-refractivity contribution >= 4 is 47.5 Å². The van der Waals surface area contributed by atoms with Crippen LogP contribution in [0.25, 0.3) is 0 Å². The van der Waals surface area contributed by atoms with E-state index in [1.54, 1.807) is 54.6 Å². The molecule has 1 saturated heterocycles. The van der Waals surface area contributed by atoms with Crippen molar-refractivity contribution in [3.63, 3.8) is 0 Å². The highest BCUT2D eigenvalue weighted by Crippen LogP contribution is 2.24. The third-order valence-electron chi connectivity index (χ3n) is 12.3. The molecule has 17 nitrogen and oxygen atoms in total. The quantitative estimate of drug-likeness (QED) is 0.176. The summed E-state index contributed by atoms with van der Waals surface area (Å²) < 4.78 is 29.1. The molecule has 0 aliphatic carbocycles. The van der Waals surface area contributed by atoms with Gasteiger partial charge < -0.3 is 43.3 Å². The van der Waals surface area contributed by atoms with E-state index in [0.717, 1.165) is 19.6 Å². The Morgan fingerprint density at radius 1 is 0.429 bits per heavy atom. The summed E-state index contributed by atoms with van der Waals surface area (Å²) in [5, 5.41) is 0. The van der Waals surface area contributed by atoms with Crippen LogP contribution in [0.2, 0.25) is 0 Å². The molecule has 1 aliphatic rings. The first-order valence-corrected chi connectivity index (χ1v) is 24.3. The van der Waals surface area contributed by atoms with E-state index < -0.39 is 96.1 Å². The molecule has 2 aromatic rings. The number of ether oxygens (including phenoxy) is 5. The first-order valence-electron chi connectivity index (χ1n) is 24.3. The van der Waals surface area contributed by atoms with E-state index in [4.69, 9.17) is 23.7 Å². The van der Waals surface area contributed by atoms with Crippen molar-refractivity contribution < 1.29 is 62.0 Å². The summed E-state index contributed by atoms with van der Waals surface area (Å²) in [6.07, 6.45) is -5.74. The third kappa shape index (κ3) is 16.6. The highest BCUT2D eigenvalue weighted by molar-refractivity contribution is 5.94. The normalized spacial score (nSPS) is 24.8. The summed E-state index contributed by atoms with van der Waals surface area (Å²) in [4.78, 5) is 120. The molecule has 388 valence electrons. The van der Waals surface area contributed by atoms with Gasteiger partial charge in [-0.05, 0) is 86.5 Å². The first kappa shape index (κ1) is 58.3. The van der Waals surface area contributed by atoms with E-state index in [2.05, 4.69) is 0 Å². The highest BCUT2D eigenvalue weighted by Gasteiger charge is 2.43. The van der Waals surface area contributed by atoms with Gasteiger partial charge in [-0.15, -0.1) is 0 Å². The van der Waals surface area contributed by atoms with Gasteiger partial charge in [0.2, 0.25) is 0 Å². The van der Waals surface area contributed by atoms with Crippen LogP contribution in [-0.2, 0) is 70.1 Å². The van der Waals surface area contributed by atoms with E-state index in [0.29, 0.717) is 16.9 Å². The van der Waals surface area contributed by atoms with Gasteiger partial charge in [0, 0.05) is 41.0 Å². The number of methoxy groups -OCH3 is 1. The number of amides is 4. The maximum Gasteiger partial charge on any atom is 0.329 e. The summed E-state index contributed by atoms with van der Waals surface area (Å²) in [5.74, 6) is -6.73. The fraction of sp³-hybridized carbons (Fsp3) is 0.623. The molecule has 1 heterocycles. The number of carbonyl (C=O) groups is 8. The van der Waals surface area contributed by atoms with Crippen LogP contribution in [-0.4, -0.2) is 151 Å². The van der Waals surface area contributed by atoms with Crippen LogP contribution >= 0.6 is 0 Å². The predicted molar refractivity (Wildman–Crippen MR) is 262 cm³/mol. The third-order valence-corrected chi connectivity index (χ3v) is 12.3. The van der Waals surface area contributed by atoms with Gasteiger partial charge in [0.15, 0.2) is 24.4 Å². The van der Waals surface area contributed by atoms with Crippen LogP contribution in [0.1, 0.15) is 106 Å². The molecular formula is C53H78N4O13. The summed E-state index contributed by atoms with van der Waals surface area (Å²) in [6, 6.07) is 10.6. The molecule has 0 radical (unpaired) electrons. The number of carbonyl (C=O) groups excluding carboxylic acids is 8. The van der Waals surface area contributed by atoms with E-state index in [9.17, 15) is 38.4 Å². The molecule has 0 spiro atoms. The Kier molecular flexibility index (Phi) is 22.4. The average molecular weight is 979 g/mol. The minimum absolute atomic E-state index is 0.0866. The Morgan fingerprint density at radius 2 is 0.714 bits per heavy atom. The van der Waals surface area contributed by atoms with Crippen LogP contribution in [0, 0.1) is 23.7 Å². The van der Waals surface area contributed by atoms with Gasteiger partial charge in [-0.1, -0.05) is 97.9 Å². The maximum absolute atomic E-state index is 14.7. The largest absolute Gasteiger partial charge is 0.497 e. The zero-order chi connectivity index (χ0) is 52.7. The molecule has 1 aliphatic heterocycles. The molecule has 3 rings (SSSR count). The maximum atomic E-state index is 14.7. The Balaban J connectivity index is 2.26. The van der Waals surface area contributed by atoms with Gasteiger partial charge in [-0.3, -0.25) is 19.2 Å². The highest BCUT2D eigenvalue weighted by atomic mass is 16.6. The number of likely N-dealkylation sites (N-methyl/N-ethyl adjacent to an activating group) is 4. The second-order valence-corrected chi connectivity index (χ2v) is 20.1. The van der Waals surface area contributed by atoms with Gasteiger partial charge >= 0.3 is 23.9 Å². The molecule has 0 N–H and O–H groups in total. The van der Waals surface area contributed by atoms with E-state index in [-0.39, 0.29) is 62.2 Å². The van der Waals surface area contributed by atoms with Gasteiger partial charge in [-0.25, -0.2) is 19.2 Å². The minimum atomic E-state index is -1.52. The number of cyclic esters (lactones) is 4. The van der Waals surface area contributed by atoms with Gasteiger partial charge in [0.05, 0.1) is 7.11 Å². The van der Waals surface area contributed by atoms with Crippen LogP contribution in [0.5, 0.6) is 5.75 Å². The molecule has 0 unspecified atom stereocenters. The zero-order valence-electron chi connectivity index (χ0n) is 44.0. The fourth-order valence-electron chi connectivity index (χ4n) is 8.28. The second-order valence-electron chi connectivity index (χ2n) is 20.1. The summed E-state index contributed by atoms with van der Waals surface area (Å²) in [5.41, 5.74) is 1.23. The Morgan fingerprint density at radius 3 is 1.01 bits per heavy atom. The second kappa shape index (κ2) is 26.8. The standard InChI is InChI=1S/C53H78N4O13/c1-31(2)25-40-50(62)67-36(10)47(59)55(12)43(28-34(7)8)53(65)70-45(30-38-21-23-39(66-15)24-22-38)49(61)57(14)41(26-32(3)4)51(63)68-35(9)46(58)54(11)42(27-33(5)6)52(64)69-44(48(60)56(40)13)29-37-19-17-16-18-20-37/h16-24,31-36,40-45H,25-30H2,1-15H3/t35-,36-,40+,41+,42+,43+,44-,45-/m1/s1. The van der Waals surface area contributed by atoms with Crippen LogP contribution in [0.15, 0.2) is 54.6 Å². The van der Waals surface area contributed by atoms with E-state index in [1.807, 2.05) is 55.4 Å². The SMILES string of the molecule is COc1ccc(C[C@H]2OC(=O)[C@H](CC(C)C)N(C)C(=O)[C@@H](C)OC(=O)[C@H](CC(C)C)N(C)C(=O)[C@@H](Cc3ccccc3)OC(=O)[C@H](CC(C)C)N(C)C(=O)[C@@H](C)OC(=O)[C@H](CC(C)C)N(C)C2=O)cc1. The van der Waals surface area contributed by atoms with E-state index in [1.165, 1.54) is 49.1 Å². The summed E-state index contributed by atoms with van der Waals surface area (Å²) in [6.45, 7) is 17.5. The molecule has 4 amide bonds. The van der Waals surface area contributed by atoms with Crippen molar-refractivity contribution in [3.05, 3.63) is 65.7 Å². The molecule has 0 bridgehead atoms. The molecule has 1 fully saturated rings. The predicted octanol–water partition coefficient (Wildman–Crippen LogP) is 5.67. The number of nitrogens with zero attached hydrogens (tertiary/aromatic N) is 4. The molecule has 70 heavy (non-hydrogen) atoms. The van der Waals surface area contributed by atoms with E-state index >= 15 is 0 Å². The summed E-state index contributed by atoms with van der Waals surface area (Å²) in [7, 11) is 7.05. The molecule has 8 atom stereocenters. The summed E-state index contributed by atoms with van der Waals surface area (Å²) >= 11 is 0. The number of esters is 4. The van der Waals surface area contributed by atoms with Crippen molar-refractivity contribution in [2.45, 2.75) is 156 Å². The lowest BCUT2D eigenvalue weighted by molar-refractivity contribution is -0.176. The van der Waals surface area contributed by atoms with Gasteiger partial charge in [0.25, 0.3) is 23.6 Å². The van der Waals surface area contributed by atoms with Crippen molar-refractivity contribution in [2.75, 3.05) is 35.3 Å². The molecule has 0 saturated carbocycles. The van der Waals surface area contributed by atoms with Gasteiger partial charge in [0.1, 0.15) is 29.9 Å². The topological polar surface area (TPSA) is 196 Å². The molecule has 0 aromatic heterocycles. The van der Waals surface area contributed by atoms with Gasteiger partial charge in [-0.2, -0.15) is 0 Å². The van der Waals surface area contributed by atoms with Crippen molar-refractivity contribution in [1.82, 2.24) is 19.6 Å². The minimum Gasteiger partial charge on any atom is -0.497 e. The molecule has 2 aromatic carbocycles. The Hall–Kier alpha value is -6.00. The molecule has 17 heteroatoms. The lowest BCUT2D eigenvalue weighted by Gasteiger charge is -2.35. The number of hydrogen-bond acceptors (Lipinski definition) is 13. The Bertz CT molecular complexity index is 2080. The Labute approximate surface area is 414 Å². The monoisotopic (exact) mass is 979 g/mol. The van der Waals surface area contributed by atoms with Crippen LogP contribution in [0.3, 0.4) is 0 Å². The van der Waals surface area contributed by atoms with Crippen LogP contribution in [0.4, 0.5) is 0 Å². The number of rotatable bonds is 13. The molecular weight excluding hydrogens is 901 g/mol.